The van der Waals surface area contributed by atoms with Crippen LogP contribution in [-0.4, -0.2) is 39.9 Å². The van der Waals surface area contributed by atoms with E-state index in [1.165, 1.54) is 6.92 Å². The third-order valence-electron chi connectivity index (χ3n) is 7.04. The number of hydrogen-bond acceptors (Lipinski definition) is 6. The molecular weight excluding hydrogens is 511 g/mol. The molecule has 1 aliphatic rings. The van der Waals surface area contributed by atoms with Gasteiger partial charge < -0.3 is 21.5 Å². The van der Waals surface area contributed by atoms with Crippen LogP contribution in [0.4, 0.5) is 5.69 Å². The van der Waals surface area contributed by atoms with Gasteiger partial charge in [0.1, 0.15) is 0 Å². The number of pyridine rings is 1. The van der Waals surface area contributed by atoms with Crippen LogP contribution < -0.4 is 16.4 Å². The first-order chi connectivity index (χ1) is 17.5. The summed E-state index contributed by atoms with van der Waals surface area (Å²) in [6.07, 6.45) is 4.93. The zero-order chi connectivity index (χ0) is 26.9. The highest BCUT2D eigenvalue weighted by Gasteiger charge is 2.26. The molecule has 1 atom stereocenters. The van der Waals surface area contributed by atoms with E-state index in [4.69, 9.17) is 28.9 Å². The lowest BCUT2D eigenvalue weighted by molar-refractivity contribution is -0.124. The molecule has 3 aromatic rings. The van der Waals surface area contributed by atoms with E-state index in [9.17, 15) is 14.7 Å². The molecular formula is C28H32Cl2N4O3. The summed E-state index contributed by atoms with van der Waals surface area (Å²) in [5, 5.41) is 17.8. The number of fused-ring (bicyclic) bond motifs is 1. The third-order valence-corrected chi connectivity index (χ3v) is 7.62. The molecule has 0 aliphatic heterocycles. The largest absolute Gasteiger partial charge is 0.505 e. The molecule has 1 unspecified atom stereocenters. The molecule has 0 spiro atoms. The Bertz CT molecular complexity index is 1310. The number of carbonyl (C=O) groups excluding carboxylic acids is 2. The van der Waals surface area contributed by atoms with E-state index in [2.05, 4.69) is 15.6 Å². The quantitative estimate of drug-likeness (QED) is 0.274. The number of phenolic OH excluding ortho intramolecular Hbond substituents is 1. The van der Waals surface area contributed by atoms with Crippen molar-refractivity contribution in [1.82, 2.24) is 10.3 Å². The minimum Gasteiger partial charge on any atom is -0.505 e. The van der Waals surface area contributed by atoms with Crippen molar-refractivity contribution in [3.8, 4) is 16.9 Å². The lowest BCUT2D eigenvalue weighted by Gasteiger charge is -2.32. The number of phenols is 1. The first-order valence-electron chi connectivity index (χ1n) is 12.5. The minimum atomic E-state index is -0.510. The second kappa shape index (κ2) is 11.3. The van der Waals surface area contributed by atoms with Crippen LogP contribution in [0.15, 0.2) is 36.5 Å². The molecule has 0 saturated heterocycles. The fraction of sp³-hybridized carbons (Fsp3) is 0.393. The van der Waals surface area contributed by atoms with E-state index < -0.39 is 6.04 Å². The summed E-state index contributed by atoms with van der Waals surface area (Å²) in [5.74, 6) is -0.260. The molecule has 7 nitrogen and oxygen atoms in total. The Morgan fingerprint density at radius 3 is 2.24 bits per heavy atom. The maximum absolute atomic E-state index is 12.5. The average molecular weight is 543 g/mol. The van der Waals surface area contributed by atoms with Gasteiger partial charge in [0.15, 0.2) is 11.5 Å². The fourth-order valence-electron chi connectivity index (χ4n) is 4.71. The summed E-state index contributed by atoms with van der Waals surface area (Å²) in [6.45, 7) is 5.40. The Kier molecular flexibility index (Phi) is 8.26. The molecule has 1 aliphatic carbocycles. The summed E-state index contributed by atoms with van der Waals surface area (Å²) in [7, 11) is 0. The lowest BCUT2D eigenvalue weighted by atomic mass is 9.90. The van der Waals surface area contributed by atoms with E-state index in [1.54, 1.807) is 18.3 Å². The molecule has 0 radical (unpaired) electrons. The number of anilines is 1. The van der Waals surface area contributed by atoms with Gasteiger partial charge in [0.05, 0.1) is 32.9 Å². The molecule has 1 aromatic heterocycles. The van der Waals surface area contributed by atoms with Crippen LogP contribution in [0.25, 0.3) is 22.0 Å². The van der Waals surface area contributed by atoms with Crippen LogP contribution in [0.2, 0.25) is 10.0 Å². The zero-order valence-corrected chi connectivity index (χ0v) is 22.7. The molecule has 4 rings (SSSR count). The van der Waals surface area contributed by atoms with E-state index in [1.807, 2.05) is 32.0 Å². The van der Waals surface area contributed by atoms with Crippen LogP contribution >= 0.6 is 23.2 Å². The van der Waals surface area contributed by atoms with Crippen LogP contribution in [0.1, 0.15) is 56.8 Å². The van der Waals surface area contributed by atoms with E-state index in [-0.39, 0.29) is 45.5 Å². The molecule has 1 fully saturated rings. The number of amides is 1. The SMILES string of the molecule is CC(=O)c1cnc2ccc(-c3cc(Cl)c(O)c(Cl)c3)cc2c1NC1CCC(NC(=O)C(N)C(C)C)CC1. The normalized spacial score (nSPS) is 18.6. The van der Waals surface area contributed by atoms with E-state index in [0.29, 0.717) is 5.56 Å². The average Bonchev–Trinajstić information content (AvgIpc) is 2.87. The molecule has 2 aromatic carbocycles. The van der Waals surface area contributed by atoms with Crippen molar-refractivity contribution in [3.05, 3.63) is 52.1 Å². The van der Waals surface area contributed by atoms with Crippen molar-refractivity contribution in [2.75, 3.05) is 5.32 Å². The molecule has 1 amide bonds. The monoisotopic (exact) mass is 542 g/mol. The van der Waals surface area contributed by atoms with E-state index >= 15 is 0 Å². The van der Waals surface area contributed by atoms with Crippen molar-refractivity contribution in [3.63, 3.8) is 0 Å². The summed E-state index contributed by atoms with van der Waals surface area (Å²) in [6, 6.07) is 8.77. The molecule has 1 heterocycles. The number of rotatable bonds is 7. The lowest BCUT2D eigenvalue weighted by Crippen LogP contribution is -2.49. The number of nitrogens with two attached hydrogens (primary N) is 1. The van der Waals surface area contributed by atoms with Gasteiger partial charge in [-0.1, -0.05) is 43.1 Å². The highest BCUT2D eigenvalue weighted by Crippen LogP contribution is 2.38. The van der Waals surface area contributed by atoms with Crippen LogP contribution in [0.5, 0.6) is 5.75 Å². The standard InChI is InChI=1S/C28H32Cl2N4O3/c1-14(2)25(31)28(37)34-19-7-5-18(6-8-19)33-26-20-10-16(17-11-22(29)27(36)23(30)12-17)4-9-24(20)32-13-21(26)15(3)35/h4,9-14,18-19,25,36H,5-8,31H2,1-3H3,(H,32,33)(H,34,37). The van der Waals surface area contributed by atoms with Gasteiger partial charge in [-0.25, -0.2) is 0 Å². The number of Topliss-reactive ketones (excluding diaryl/α,β-unsaturated/α-hetero) is 1. The number of nitrogens with zero attached hydrogens (tertiary/aromatic N) is 1. The van der Waals surface area contributed by atoms with Crippen molar-refractivity contribution >= 4 is 51.5 Å². The van der Waals surface area contributed by atoms with Gasteiger partial charge >= 0.3 is 0 Å². The van der Waals surface area contributed by atoms with Gasteiger partial charge in [-0.2, -0.15) is 0 Å². The smallest absolute Gasteiger partial charge is 0.237 e. The van der Waals surface area contributed by atoms with Gasteiger partial charge in [-0.15, -0.1) is 0 Å². The molecule has 1 saturated carbocycles. The van der Waals surface area contributed by atoms with Crippen molar-refractivity contribution < 1.29 is 14.7 Å². The van der Waals surface area contributed by atoms with Crippen molar-refractivity contribution in [1.29, 1.82) is 0 Å². The van der Waals surface area contributed by atoms with E-state index in [0.717, 1.165) is 53.4 Å². The Hall–Kier alpha value is -2.87. The van der Waals surface area contributed by atoms with Gasteiger partial charge in [0.2, 0.25) is 5.91 Å². The van der Waals surface area contributed by atoms with Crippen molar-refractivity contribution in [2.45, 2.75) is 64.6 Å². The number of hydrogen-bond donors (Lipinski definition) is 4. The molecule has 0 bridgehead atoms. The summed E-state index contributed by atoms with van der Waals surface area (Å²) >= 11 is 12.3. The predicted octanol–water partition coefficient (Wildman–Crippen LogP) is 5.94. The number of aromatic nitrogens is 1. The molecule has 37 heavy (non-hydrogen) atoms. The van der Waals surface area contributed by atoms with Crippen LogP contribution in [0.3, 0.4) is 0 Å². The first-order valence-corrected chi connectivity index (χ1v) is 13.2. The van der Waals surface area contributed by atoms with Crippen molar-refractivity contribution in [2.24, 2.45) is 11.7 Å². The number of ketones is 1. The Morgan fingerprint density at radius 1 is 1.03 bits per heavy atom. The zero-order valence-electron chi connectivity index (χ0n) is 21.1. The number of aromatic hydroxyl groups is 1. The van der Waals surface area contributed by atoms with Crippen LogP contribution in [-0.2, 0) is 4.79 Å². The van der Waals surface area contributed by atoms with Gasteiger partial charge in [-0.3, -0.25) is 14.6 Å². The predicted molar refractivity (Wildman–Crippen MR) is 149 cm³/mol. The Morgan fingerprint density at radius 2 is 1.65 bits per heavy atom. The summed E-state index contributed by atoms with van der Waals surface area (Å²) in [5.41, 5.74) is 9.57. The minimum absolute atomic E-state index is 0.0818. The number of nitrogens with one attached hydrogen (secondary N) is 2. The second-order valence-electron chi connectivity index (χ2n) is 10.1. The first kappa shape index (κ1) is 27.2. The Balaban J connectivity index is 1.60. The fourth-order valence-corrected chi connectivity index (χ4v) is 5.20. The number of benzene rings is 2. The number of carbonyl (C=O) groups is 2. The molecule has 9 heteroatoms. The van der Waals surface area contributed by atoms with Gasteiger partial charge in [0.25, 0.3) is 0 Å². The van der Waals surface area contributed by atoms with Gasteiger partial charge in [-0.05, 0) is 73.9 Å². The number of halogens is 2. The topological polar surface area (TPSA) is 117 Å². The molecule has 5 N–H and O–H groups in total. The molecule has 196 valence electrons. The maximum atomic E-state index is 12.5. The third kappa shape index (κ3) is 6.00. The Labute approximate surface area is 226 Å². The van der Waals surface area contributed by atoms with Crippen LogP contribution in [0, 0.1) is 5.92 Å². The maximum Gasteiger partial charge on any atom is 0.237 e. The summed E-state index contributed by atoms with van der Waals surface area (Å²) < 4.78 is 0. The second-order valence-corrected chi connectivity index (χ2v) is 10.9. The highest BCUT2D eigenvalue weighted by atomic mass is 35.5. The van der Waals surface area contributed by atoms with Gasteiger partial charge in [0, 0.05) is 23.7 Å². The highest BCUT2D eigenvalue weighted by molar-refractivity contribution is 6.37. The summed E-state index contributed by atoms with van der Waals surface area (Å²) in [4.78, 5) is 29.4.